The lowest BCUT2D eigenvalue weighted by Gasteiger charge is -2.12. The molecule has 0 fully saturated rings. The maximum Gasteiger partial charge on any atom is 0.258 e. The van der Waals surface area contributed by atoms with Gasteiger partial charge in [0, 0.05) is 22.6 Å². The lowest BCUT2D eigenvalue weighted by Crippen LogP contribution is -2.32. The molecule has 0 aliphatic rings. The minimum atomic E-state index is -3.57. The van der Waals surface area contributed by atoms with E-state index >= 15 is 0 Å². The van der Waals surface area contributed by atoms with Gasteiger partial charge in [0.1, 0.15) is 5.75 Å². The van der Waals surface area contributed by atoms with Gasteiger partial charge >= 0.3 is 0 Å². The van der Waals surface area contributed by atoms with Crippen LogP contribution in [0.2, 0.25) is 10.0 Å². The van der Waals surface area contributed by atoms with E-state index in [2.05, 4.69) is 10.0 Å². The maximum absolute atomic E-state index is 12.2. The van der Waals surface area contributed by atoms with Crippen LogP contribution in [-0.4, -0.2) is 27.0 Å². The number of carbonyl (C=O) groups excluding carboxylic acids is 1. The van der Waals surface area contributed by atoms with Crippen molar-refractivity contribution in [1.29, 1.82) is 0 Å². The monoisotopic (exact) mass is 444 g/mol. The second kappa shape index (κ2) is 10.1. The van der Waals surface area contributed by atoms with Crippen LogP contribution in [0.15, 0.2) is 47.4 Å². The van der Waals surface area contributed by atoms with Crippen molar-refractivity contribution in [2.24, 2.45) is 0 Å². The molecule has 0 spiro atoms. The molecule has 28 heavy (non-hydrogen) atoms. The fourth-order valence-corrected chi connectivity index (χ4v) is 3.99. The van der Waals surface area contributed by atoms with Crippen LogP contribution in [-0.2, 0) is 21.4 Å². The molecule has 0 aliphatic carbocycles. The molecule has 2 aromatic rings. The van der Waals surface area contributed by atoms with Gasteiger partial charge in [-0.05, 0) is 55.3 Å². The maximum atomic E-state index is 12.2. The van der Waals surface area contributed by atoms with Gasteiger partial charge in [0.05, 0.1) is 4.90 Å². The Bertz CT molecular complexity index is 918. The molecule has 0 saturated carbocycles. The van der Waals surface area contributed by atoms with Crippen LogP contribution in [0.3, 0.4) is 0 Å². The van der Waals surface area contributed by atoms with Crippen LogP contribution in [0.1, 0.15) is 25.8 Å². The number of benzene rings is 2. The van der Waals surface area contributed by atoms with E-state index in [0.29, 0.717) is 22.2 Å². The van der Waals surface area contributed by atoms with Crippen LogP contribution in [0.25, 0.3) is 0 Å². The fourth-order valence-electron chi connectivity index (χ4n) is 2.19. The van der Waals surface area contributed by atoms with Crippen LogP contribution < -0.4 is 14.8 Å². The highest BCUT2D eigenvalue weighted by Crippen LogP contribution is 2.21. The summed E-state index contributed by atoms with van der Waals surface area (Å²) in [6.45, 7) is 3.74. The molecule has 1 amide bonds. The van der Waals surface area contributed by atoms with Crippen LogP contribution in [0.5, 0.6) is 5.75 Å². The van der Waals surface area contributed by atoms with E-state index in [1.165, 1.54) is 24.3 Å². The number of ether oxygens (including phenoxy) is 1. The average Bonchev–Trinajstić information content (AvgIpc) is 2.65. The Balaban J connectivity index is 1.86. The fraction of sp³-hybridized carbons (Fsp3) is 0.316. The van der Waals surface area contributed by atoms with Gasteiger partial charge in [0.15, 0.2) is 6.61 Å². The summed E-state index contributed by atoms with van der Waals surface area (Å²) in [5.41, 5.74) is 0.739. The molecule has 2 N–H and O–H groups in total. The lowest BCUT2D eigenvalue weighted by molar-refractivity contribution is -0.123. The van der Waals surface area contributed by atoms with E-state index in [0.717, 1.165) is 5.56 Å². The summed E-state index contributed by atoms with van der Waals surface area (Å²) in [4.78, 5) is 12.1. The first-order valence-electron chi connectivity index (χ1n) is 8.67. The summed E-state index contributed by atoms with van der Waals surface area (Å²) in [7, 11) is -3.57. The predicted octanol–water partition coefficient (Wildman–Crippen LogP) is 3.77. The van der Waals surface area contributed by atoms with Gasteiger partial charge in [-0.1, -0.05) is 36.2 Å². The zero-order valence-corrected chi connectivity index (χ0v) is 17.9. The first-order chi connectivity index (χ1) is 13.2. The summed E-state index contributed by atoms with van der Waals surface area (Å²) in [6, 6.07) is 10.8. The van der Waals surface area contributed by atoms with Gasteiger partial charge in [-0.25, -0.2) is 13.1 Å². The largest absolute Gasteiger partial charge is 0.484 e. The zero-order valence-electron chi connectivity index (χ0n) is 15.5. The summed E-state index contributed by atoms with van der Waals surface area (Å²) >= 11 is 11.9. The second-order valence-corrected chi connectivity index (χ2v) is 8.76. The summed E-state index contributed by atoms with van der Waals surface area (Å²) in [5.74, 6) is 0.0586. The van der Waals surface area contributed by atoms with Gasteiger partial charge < -0.3 is 10.1 Å². The van der Waals surface area contributed by atoms with Crippen molar-refractivity contribution in [3.8, 4) is 5.75 Å². The molecule has 152 valence electrons. The number of sulfonamides is 1. The van der Waals surface area contributed by atoms with Crippen LogP contribution in [0.4, 0.5) is 0 Å². The zero-order chi connectivity index (χ0) is 20.7. The molecule has 1 atom stereocenters. The second-order valence-electron chi connectivity index (χ2n) is 6.20. The van der Waals surface area contributed by atoms with Gasteiger partial charge in [0.2, 0.25) is 10.0 Å². The SMILES string of the molecule is CC[C@@H](C)NS(=O)(=O)c1ccc(OCC(=O)NCc2ccc(Cl)cc2Cl)cc1. The normalized spacial score (nSPS) is 12.4. The van der Waals surface area contributed by atoms with E-state index in [1.807, 2.05) is 6.92 Å². The average molecular weight is 445 g/mol. The van der Waals surface area contributed by atoms with E-state index in [4.69, 9.17) is 27.9 Å². The number of hydrogen-bond acceptors (Lipinski definition) is 4. The van der Waals surface area contributed by atoms with Crippen molar-refractivity contribution in [1.82, 2.24) is 10.0 Å². The van der Waals surface area contributed by atoms with E-state index in [1.54, 1.807) is 25.1 Å². The van der Waals surface area contributed by atoms with E-state index in [-0.39, 0.29) is 30.0 Å². The molecule has 0 unspecified atom stereocenters. The first-order valence-corrected chi connectivity index (χ1v) is 10.9. The van der Waals surface area contributed by atoms with Crippen molar-refractivity contribution in [3.05, 3.63) is 58.1 Å². The Hall–Kier alpha value is -1.80. The van der Waals surface area contributed by atoms with Crippen molar-refractivity contribution >= 4 is 39.1 Å². The molecule has 2 aromatic carbocycles. The highest BCUT2D eigenvalue weighted by atomic mass is 35.5. The molecule has 0 bridgehead atoms. The number of rotatable bonds is 9. The molecule has 0 aromatic heterocycles. The van der Waals surface area contributed by atoms with Crippen molar-refractivity contribution < 1.29 is 17.9 Å². The molecular formula is C19H22Cl2N2O4S. The first kappa shape index (κ1) is 22.5. The highest BCUT2D eigenvalue weighted by Gasteiger charge is 2.16. The van der Waals surface area contributed by atoms with Gasteiger partial charge in [-0.15, -0.1) is 0 Å². The molecular weight excluding hydrogens is 423 g/mol. The molecule has 0 saturated heterocycles. The molecule has 6 nitrogen and oxygen atoms in total. The number of nitrogens with one attached hydrogen (secondary N) is 2. The number of hydrogen-bond donors (Lipinski definition) is 2. The van der Waals surface area contributed by atoms with Gasteiger partial charge in [-0.3, -0.25) is 4.79 Å². The summed E-state index contributed by atoms with van der Waals surface area (Å²) in [6.07, 6.45) is 0.691. The lowest BCUT2D eigenvalue weighted by atomic mass is 10.2. The third kappa shape index (κ3) is 6.67. The summed E-state index contributed by atoms with van der Waals surface area (Å²) < 4.78 is 32.4. The topological polar surface area (TPSA) is 84.5 Å². The summed E-state index contributed by atoms with van der Waals surface area (Å²) in [5, 5.41) is 3.69. The van der Waals surface area contributed by atoms with Crippen molar-refractivity contribution in [2.45, 2.75) is 37.8 Å². The Labute approximate surface area is 175 Å². The Morgan fingerprint density at radius 3 is 2.43 bits per heavy atom. The number of halogens is 2. The van der Waals surface area contributed by atoms with Crippen LogP contribution >= 0.6 is 23.2 Å². The highest BCUT2D eigenvalue weighted by molar-refractivity contribution is 7.89. The molecule has 0 aliphatic heterocycles. The Morgan fingerprint density at radius 2 is 1.82 bits per heavy atom. The minimum Gasteiger partial charge on any atom is -0.484 e. The third-order valence-electron chi connectivity index (χ3n) is 3.96. The molecule has 0 heterocycles. The molecule has 9 heteroatoms. The van der Waals surface area contributed by atoms with Gasteiger partial charge in [-0.2, -0.15) is 0 Å². The predicted molar refractivity (Wildman–Crippen MR) is 110 cm³/mol. The quantitative estimate of drug-likeness (QED) is 0.616. The van der Waals surface area contributed by atoms with E-state index < -0.39 is 10.0 Å². The Morgan fingerprint density at radius 1 is 1.14 bits per heavy atom. The van der Waals surface area contributed by atoms with E-state index in [9.17, 15) is 13.2 Å². The van der Waals surface area contributed by atoms with Crippen LogP contribution in [0, 0.1) is 0 Å². The smallest absolute Gasteiger partial charge is 0.258 e. The van der Waals surface area contributed by atoms with Crippen molar-refractivity contribution in [2.75, 3.05) is 6.61 Å². The minimum absolute atomic E-state index is 0.141. The molecule has 2 rings (SSSR count). The third-order valence-corrected chi connectivity index (χ3v) is 6.16. The standard InChI is InChI=1S/C19H22Cl2N2O4S/c1-3-13(2)23-28(25,26)17-8-6-16(7-9-17)27-12-19(24)22-11-14-4-5-15(20)10-18(14)21/h4-10,13,23H,3,11-12H2,1-2H3,(H,22,24)/t13-/m1/s1. The number of carbonyl (C=O) groups is 1. The van der Waals surface area contributed by atoms with Crippen molar-refractivity contribution in [3.63, 3.8) is 0 Å². The Kier molecular flexibility index (Phi) is 8.12. The number of amides is 1. The molecule has 0 radical (unpaired) electrons. The van der Waals surface area contributed by atoms with Gasteiger partial charge in [0.25, 0.3) is 5.91 Å².